The molecule has 4 N–H and O–H groups in total. The third-order valence-electron chi connectivity index (χ3n) is 10.7. The molecule has 0 heterocycles. The molecule has 2 fully saturated rings. The van der Waals surface area contributed by atoms with Crippen LogP contribution in [0, 0.1) is 23.7 Å². The first-order chi connectivity index (χ1) is 29.0. The van der Waals surface area contributed by atoms with Crippen molar-refractivity contribution in [1.29, 1.82) is 0 Å². The van der Waals surface area contributed by atoms with Gasteiger partial charge < -0.3 is 40.2 Å². The number of amides is 4. The third kappa shape index (κ3) is 14.8. The molecule has 4 amide bonds. The number of carbonyl (C=O) groups excluding carboxylic acids is 5. The van der Waals surface area contributed by atoms with Crippen molar-refractivity contribution in [3.8, 4) is 11.5 Å². The highest BCUT2D eigenvalue weighted by Gasteiger charge is 2.36. The molecule has 3 aromatic carbocycles. The van der Waals surface area contributed by atoms with Gasteiger partial charge in [0.05, 0.1) is 30.6 Å². The molecule has 0 bridgehead atoms. The van der Waals surface area contributed by atoms with Crippen LogP contribution >= 0.6 is 0 Å². The van der Waals surface area contributed by atoms with Crippen molar-refractivity contribution in [1.82, 2.24) is 10.6 Å². The van der Waals surface area contributed by atoms with Crippen LogP contribution in [0.2, 0.25) is 0 Å². The van der Waals surface area contributed by atoms with Crippen LogP contribution in [0.4, 0.5) is 16.2 Å². The Morgan fingerprint density at radius 3 is 1.69 bits per heavy atom. The van der Waals surface area contributed by atoms with Gasteiger partial charge in [0.15, 0.2) is 0 Å². The predicted octanol–water partition coefficient (Wildman–Crippen LogP) is 9.06. The Labute approximate surface area is 360 Å². The van der Waals surface area contributed by atoms with E-state index in [1.54, 1.807) is 57.2 Å². The van der Waals surface area contributed by atoms with E-state index in [0.717, 1.165) is 31.2 Å². The second kappa shape index (κ2) is 21.8. The van der Waals surface area contributed by atoms with E-state index >= 15 is 0 Å². The maximum atomic E-state index is 14.0. The van der Waals surface area contributed by atoms with Crippen molar-refractivity contribution in [2.24, 2.45) is 23.7 Å². The van der Waals surface area contributed by atoms with Gasteiger partial charge in [-0.15, -0.1) is 0 Å². The topological polar surface area (TPSA) is 170 Å². The smallest absolute Gasteiger partial charge is 0.407 e. The van der Waals surface area contributed by atoms with E-state index < -0.39 is 47.5 Å². The van der Waals surface area contributed by atoms with Crippen molar-refractivity contribution in [3.63, 3.8) is 0 Å². The molecule has 5 rings (SSSR count). The lowest BCUT2D eigenvalue weighted by Crippen LogP contribution is -2.44. The highest BCUT2D eigenvalue weighted by atomic mass is 16.6. The third-order valence-corrected chi connectivity index (χ3v) is 10.7. The van der Waals surface area contributed by atoms with Gasteiger partial charge >= 0.3 is 12.1 Å². The van der Waals surface area contributed by atoms with Gasteiger partial charge in [0.1, 0.15) is 23.7 Å². The van der Waals surface area contributed by atoms with Crippen molar-refractivity contribution in [3.05, 3.63) is 83.4 Å². The standard InChI is InChI=1S/C48H64N4O9/c1-30(2)19-21-58-37-25-33(23-35(27-37)49-45(55)40-16-12-18-42(40)52-47(57)61-48(5,6)7)43(53)51-41-17-11-15-39(41)44(54)50-36-24-34(26-38(28-36)59-22-20-31(3)4)46(56)60-29-32-13-9-8-10-14-32/h8-10,13-14,23-28,30-31,39-42H,11-12,15-22,29H2,1-7H3,(H,49,55)(H,50,54)(H,51,53)(H,52,57)/t39-,40-,41-,42-/m0/s1. The first kappa shape index (κ1) is 46.5. The molecule has 0 radical (unpaired) electrons. The lowest BCUT2D eigenvalue weighted by Gasteiger charge is -2.24. The molecule has 330 valence electrons. The zero-order chi connectivity index (χ0) is 44.1. The van der Waals surface area contributed by atoms with E-state index in [-0.39, 0.29) is 29.5 Å². The SMILES string of the molecule is CC(C)CCOc1cc(NC(=O)[C@H]2CCC[C@@H]2NC(=O)OC(C)(C)C)cc(C(=O)N[C@H]2CCC[C@@H]2C(=O)Nc2cc(OCCC(C)C)cc(C(=O)OCc3ccccc3)c2)c1. The molecule has 13 nitrogen and oxygen atoms in total. The fourth-order valence-electron chi connectivity index (χ4n) is 7.46. The molecule has 61 heavy (non-hydrogen) atoms. The Balaban J connectivity index is 1.28. The van der Waals surface area contributed by atoms with Crippen molar-refractivity contribution >= 4 is 41.2 Å². The van der Waals surface area contributed by atoms with Crippen LogP contribution in [0.25, 0.3) is 0 Å². The van der Waals surface area contributed by atoms with Gasteiger partial charge in [0.2, 0.25) is 11.8 Å². The van der Waals surface area contributed by atoms with Gasteiger partial charge in [-0.25, -0.2) is 9.59 Å². The molecular formula is C48H64N4O9. The quantitative estimate of drug-likeness (QED) is 0.0913. The largest absolute Gasteiger partial charge is 0.493 e. The first-order valence-corrected chi connectivity index (χ1v) is 21.7. The number of anilines is 2. The van der Waals surface area contributed by atoms with Gasteiger partial charge in [-0.05, 0) is 101 Å². The van der Waals surface area contributed by atoms with Gasteiger partial charge in [-0.1, -0.05) is 70.9 Å². The summed E-state index contributed by atoms with van der Waals surface area (Å²) in [5.41, 5.74) is 1.45. The number of hydrogen-bond acceptors (Lipinski definition) is 9. The number of nitrogens with one attached hydrogen (secondary N) is 4. The van der Waals surface area contributed by atoms with Crippen molar-refractivity contribution < 1.29 is 42.9 Å². The Morgan fingerprint density at radius 1 is 0.656 bits per heavy atom. The summed E-state index contributed by atoms with van der Waals surface area (Å²) in [5.74, 6) is -0.911. The Bertz CT molecular complexity index is 1980. The number of alkyl carbamates (subject to hydrolysis) is 1. The minimum atomic E-state index is -0.673. The summed E-state index contributed by atoms with van der Waals surface area (Å²) in [4.78, 5) is 67.3. The fraction of sp³-hybridized carbons (Fsp3) is 0.521. The lowest BCUT2D eigenvalue weighted by atomic mass is 10.0. The van der Waals surface area contributed by atoms with Crippen LogP contribution in [-0.4, -0.2) is 60.7 Å². The van der Waals surface area contributed by atoms with Crippen LogP contribution in [0.5, 0.6) is 11.5 Å². The van der Waals surface area contributed by atoms with E-state index in [2.05, 4.69) is 49.0 Å². The summed E-state index contributed by atoms with van der Waals surface area (Å²) >= 11 is 0. The average Bonchev–Trinajstić information content (AvgIpc) is 3.86. The number of hydrogen-bond donors (Lipinski definition) is 4. The molecule has 3 aromatic rings. The second-order valence-electron chi connectivity index (χ2n) is 18.0. The average molecular weight is 841 g/mol. The van der Waals surface area contributed by atoms with Crippen LogP contribution in [0.3, 0.4) is 0 Å². The number of carbonyl (C=O) groups is 5. The highest BCUT2D eigenvalue weighted by Crippen LogP contribution is 2.32. The highest BCUT2D eigenvalue weighted by molar-refractivity contribution is 6.00. The molecule has 0 aromatic heterocycles. The predicted molar refractivity (Wildman–Crippen MR) is 235 cm³/mol. The van der Waals surface area contributed by atoms with Gasteiger partial charge in [0, 0.05) is 41.2 Å². The second-order valence-corrected chi connectivity index (χ2v) is 18.0. The van der Waals surface area contributed by atoms with E-state index in [1.807, 2.05) is 30.3 Å². The van der Waals surface area contributed by atoms with Crippen LogP contribution in [-0.2, 0) is 25.7 Å². The molecule has 4 atom stereocenters. The summed E-state index contributed by atoms with van der Waals surface area (Å²) in [6, 6.07) is 18.3. The summed E-state index contributed by atoms with van der Waals surface area (Å²) < 4.78 is 23.1. The van der Waals surface area contributed by atoms with E-state index in [9.17, 15) is 24.0 Å². The monoisotopic (exact) mass is 840 g/mol. The minimum Gasteiger partial charge on any atom is -0.493 e. The molecule has 2 saturated carbocycles. The molecule has 2 aliphatic carbocycles. The van der Waals surface area contributed by atoms with Crippen LogP contribution in [0.1, 0.15) is 126 Å². The summed E-state index contributed by atoms with van der Waals surface area (Å²) in [6.07, 6.45) is 4.87. The summed E-state index contributed by atoms with van der Waals surface area (Å²) in [7, 11) is 0. The minimum absolute atomic E-state index is 0.0956. The number of ether oxygens (including phenoxy) is 4. The fourth-order valence-corrected chi connectivity index (χ4v) is 7.46. The molecule has 13 heteroatoms. The van der Waals surface area contributed by atoms with Crippen LogP contribution < -0.4 is 30.7 Å². The normalized spacial score (nSPS) is 18.6. The number of esters is 1. The molecule has 0 spiro atoms. The zero-order valence-electron chi connectivity index (χ0n) is 36.8. The van der Waals surface area contributed by atoms with Gasteiger partial charge in [0.25, 0.3) is 5.91 Å². The maximum Gasteiger partial charge on any atom is 0.407 e. The summed E-state index contributed by atoms with van der Waals surface area (Å²) in [6.45, 7) is 14.7. The lowest BCUT2D eigenvalue weighted by molar-refractivity contribution is -0.121. The molecule has 2 aliphatic rings. The Kier molecular flexibility index (Phi) is 16.6. The van der Waals surface area contributed by atoms with E-state index in [4.69, 9.17) is 18.9 Å². The van der Waals surface area contributed by atoms with E-state index in [1.165, 1.54) is 0 Å². The number of benzene rings is 3. The molecule has 0 saturated heterocycles. The molecule has 0 unspecified atom stereocenters. The van der Waals surface area contributed by atoms with Gasteiger partial charge in [-0.2, -0.15) is 0 Å². The zero-order valence-corrected chi connectivity index (χ0v) is 36.8. The first-order valence-electron chi connectivity index (χ1n) is 21.7. The van der Waals surface area contributed by atoms with Crippen molar-refractivity contribution in [2.45, 2.75) is 124 Å². The Morgan fingerprint density at radius 2 is 1.16 bits per heavy atom. The summed E-state index contributed by atoms with van der Waals surface area (Å²) in [5, 5.41) is 11.9. The maximum absolute atomic E-state index is 14.0. The number of rotatable bonds is 18. The molecular weight excluding hydrogens is 777 g/mol. The van der Waals surface area contributed by atoms with Crippen molar-refractivity contribution in [2.75, 3.05) is 23.8 Å². The van der Waals surface area contributed by atoms with E-state index in [0.29, 0.717) is 73.6 Å². The Hall–Kier alpha value is -5.59. The van der Waals surface area contributed by atoms with Gasteiger partial charge in [-0.3, -0.25) is 14.4 Å². The van der Waals surface area contributed by atoms with Crippen LogP contribution in [0.15, 0.2) is 66.7 Å². The molecule has 0 aliphatic heterocycles.